The second kappa shape index (κ2) is 9.53. The third kappa shape index (κ3) is 4.84. The van der Waals surface area contributed by atoms with Gasteiger partial charge in [-0.3, -0.25) is 9.59 Å². The average Bonchev–Trinajstić information content (AvgIpc) is 3.18. The van der Waals surface area contributed by atoms with Crippen LogP contribution in [-0.2, 0) is 4.79 Å². The van der Waals surface area contributed by atoms with E-state index in [1.54, 1.807) is 12.1 Å². The van der Waals surface area contributed by atoms with E-state index in [2.05, 4.69) is 11.7 Å². The molecule has 4 N–H and O–H groups in total. The fraction of sp³-hybridized carbons (Fsp3) is 0.208. The van der Waals surface area contributed by atoms with Gasteiger partial charge in [0.25, 0.3) is 11.8 Å². The van der Waals surface area contributed by atoms with Crippen LogP contribution in [0.15, 0.2) is 54.9 Å². The molecule has 182 valence electrons. The van der Waals surface area contributed by atoms with Crippen molar-refractivity contribution in [2.24, 2.45) is 5.73 Å². The largest absolute Gasteiger partial charge is 0.454 e. The number of nitrogens with two attached hydrogens (primary N) is 2. The van der Waals surface area contributed by atoms with Gasteiger partial charge in [-0.1, -0.05) is 6.58 Å². The summed E-state index contributed by atoms with van der Waals surface area (Å²) < 4.78 is 47.2. The summed E-state index contributed by atoms with van der Waals surface area (Å²) in [5.41, 5.74) is 12.5. The molecule has 0 unspecified atom stereocenters. The minimum atomic E-state index is -1.06. The second-order valence-electron chi connectivity index (χ2n) is 8.07. The Bertz CT molecular complexity index is 1310. The summed E-state index contributed by atoms with van der Waals surface area (Å²) in [6.07, 6.45) is 1.18. The Morgan fingerprint density at radius 2 is 1.86 bits per heavy atom. The molecule has 0 bridgehead atoms. The van der Waals surface area contributed by atoms with Crippen molar-refractivity contribution in [3.8, 4) is 22.8 Å². The molecule has 1 saturated heterocycles. The number of rotatable bonds is 6. The van der Waals surface area contributed by atoms with Crippen molar-refractivity contribution in [2.75, 3.05) is 18.8 Å². The zero-order valence-corrected chi connectivity index (χ0v) is 18.5. The molecule has 1 fully saturated rings. The predicted octanol–water partition coefficient (Wildman–Crippen LogP) is 3.95. The van der Waals surface area contributed by atoms with Gasteiger partial charge in [-0.25, -0.2) is 17.9 Å². The Morgan fingerprint density at radius 3 is 2.49 bits per heavy atom. The van der Waals surface area contributed by atoms with Crippen LogP contribution in [0.2, 0.25) is 0 Å². The van der Waals surface area contributed by atoms with Crippen LogP contribution in [0.1, 0.15) is 29.2 Å². The number of nitrogens with zero attached hydrogens (tertiary/aromatic N) is 3. The van der Waals surface area contributed by atoms with Crippen LogP contribution >= 0.6 is 0 Å². The minimum Gasteiger partial charge on any atom is -0.454 e. The highest BCUT2D eigenvalue weighted by Crippen LogP contribution is 2.34. The summed E-state index contributed by atoms with van der Waals surface area (Å²) in [7, 11) is 0. The lowest BCUT2D eigenvalue weighted by molar-refractivity contribution is -0.130. The number of likely N-dealkylation sites (tertiary alicyclic amines) is 1. The van der Waals surface area contributed by atoms with Gasteiger partial charge in [0.15, 0.2) is 17.4 Å². The summed E-state index contributed by atoms with van der Waals surface area (Å²) >= 11 is 0. The molecule has 1 atom stereocenters. The Balaban J connectivity index is 1.62. The summed E-state index contributed by atoms with van der Waals surface area (Å²) in [5, 5.41) is 4.50. The molecule has 0 aliphatic carbocycles. The monoisotopic (exact) mass is 485 g/mol. The normalized spacial score (nSPS) is 15.6. The number of carbonyl (C=O) groups is 2. The van der Waals surface area contributed by atoms with E-state index < -0.39 is 35.3 Å². The van der Waals surface area contributed by atoms with Crippen molar-refractivity contribution in [1.82, 2.24) is 14.7 Å². The Labute approximate surface area is 198 Å². The van der Waals surface area contributed by atoms with Crippen molar-refractivity contribution in [2.45, 2.75) is 18.9 Å². The molecular weight excluding hydrogens is 463 g/mol. The maximum atomic E-state index is 13.9. The Morgan fingerprint density at radius 1 is 1.14 bits per heavy atom. The molecule has 1 aromatic heterocycles. The molecule has 0 saturated carbocycles. The summed E-state index contributed by atoms with van der Waals surface area (Å²) in [6, 6.07) is 8.76. The van der Waals surface area contributed by atoms with Crippen molar-refractivity contribution in [3.63, 3.8) is 0 Å². The molecule has 2 aromatic carbocycles. The number of nitrogen functional groups attached to an aromatic ring is 1. The first-order valence-corrected chi connectivity index (χ1v) is 10.7. The van der Waals surface area contributed by atoms with Crippen LogP contribution in [0.3, 0.4) is 0 Å². The van der Waals surface area contributed by atoms with E-state index in [9.17, 15) is 22.8 Å². The molecule has 8 nitrogen and oxygen atoms in total. The molecule has 1 aliphatic heterocycles. The van der Waals surface area contributed by atoms with Gasteiger partial charge >= 0.3 is 0 Å². The minimum absolute atomic E-state index is 0.00148. The van der Waals surface area contributed by atoms with Crippen LogP contribution < -0.4 is 16.2 Å². The molecule has 2 heterocycles. The quantitative estimate of drug-likeness (QED) is 0.513. The fourth-order valence-electron chi connectivity index (χ4n) is 4.05. The first-order valence-electron chi connectivity index (χ1n) is 10.7. The number of aromatic nitrogens is 2. The molecule has 1 aliphatic rings. The van der Waals surface area contributed by atoms with Gasteiger partial charge in [-0.2, -0.15) is 5.10 Å². The van der Waals surface area contributed by atoms with E-state index >= 15 is 0 Å². The van der Waals surface area contributed by atoms with Gasteiger partial charge in [-0.15, -0.1) is 0 Å². The number of benzene rings is 2. The summed E-state index contributed by atoms with van der Waals surface area (Å²) in [6.45, 7) is 3.56. The first-order chi connectivity index (χ1) is 16.7. The van der Waals surface area contributed by atoms with Crippen LogP contribution in [0.4, 0.5) is 19.0 Å². The number of ether oxygens (including phenoxy) is 1. The number of carbonyl (C=O) groups excluding carboxylic acids is 2. The number of hydrogen-bond acceptors (Lipinski definition) is 5. The highest BCUT2D eigenvalue weighted by molar-refractivity contribution is 6.03. The lowest BCUT2D eigenvalue weighted by atomic mass is 10.1. The van der Waals surface area contributed by atoms with Crippen LogP contribution in [0.25, 0.3) is 11.3 Å². The Kier molecular flexibility index (Phi) is 6.50. The third-order valence-corrected chi connectivity index (χ3v) is 5.71. The molecule has 11 heteroatoms. The van der Waals surface area contributed by atoms with E-state index in [1.165, 1.54) is 27.8 Å². The maximum Gasteiger partial charge on any atom is 0.282 e. The average molecular weight is 485 g/mol. The molecule has 0 radical (unpaired) electrons. The van der Waals surface area contributed by atoms with Crippen molar-refractivity contribution in [3.05, 3.63) is 72.1 Å². The van der Waals surface area contributed by atoms with Gasteiger partial charge in [-0.05, 0) is 49.2 Å². The lowest BCUT2D eigenvalue weighted by Crippen LogP contribution is -2.41. The van der Waals surface area contributed by atoms with Crippen molar-refractivity contribution >= 4 is 17.6 Å². The number of halogens is 3. The highest BCUT2D eigenvalue weighted by atomic mass is 19.1. The molecule has 35 heavy (non-hydrogen) atoms. The molecule has 0 spiro atoms. The molecule has 2 amide bonds. The Hall–Kier alpha value is -4.28. The number of primary amides is 1. The van der Waals surface area contributed by atoms with Crippen molar-refractivity contribution in [1.29, 1.82) is 0 Å². The van der Waals surface area contributed by atoms with Gasteiger partial charge in [0.1, 0.15) is 28.6 Å². The zero-order chi connectivity index (χ0) is 25.3. The van der Waals surface area contributed by atoms with E-state index in [-0.39, 0.29) is 35.1 Å². The zero-order valence-electron chi connectivity index (χ0n) is 18.5. The molecule has 3 aromatic rings. The number of amides is 2. The summed E-state index contributed by atoms with van der Waals surface area (Å²) in [4.78, 5) is 25.6. The van der Waals surface area contributed by atoms with Crippen LogP contribution in [0.5, 0.6) is 11.5 Å². The molecular formula is C24H22F3N5O3. The van der Waals surface area contributed by atoms with Crippen molar-refractivity contribution < 1.29 is 27.5 Å². The van der Waals surface area contributed by atoms with Gasteiger partial charge in [0.05, 0.1) is 6.04 Å². The maximum absolute atomic E-state index is 13.9. The number of piperidine rings is 1. The second-order valence-corrected chi connectivity index (χ2v) is 8.07. The SMILES string of the molecule is C=C(F)C(=O)N1CCC[C@@H](n2nc(-c3ccc(Oc4ccc(F)cc4F)cc3)c(C(N)=O)c2N)C1. The lowest BCUT2D eigenvalue weighted by Gasteiger charge is -2.32. The van der Waals surface area contributed by atoms with Gasteiger partial charge < -0.3 is 21.1 Å². The van der Waals surface area contributed by atoms with E-state index in [0.29, 0.717) is 31.0 Å². The fourth-order valence-corrected chi connectivity index (χ4v) is 4.05. The van der Waals surface area contributed by atoms with Crippen LogP contribution in [0, 0.1) is 11.6 Å². The van der Waals surface area contributed by atoms with Crippen LogP contribution in [-0.4, -0.2) is 39.6 Å². The topological polar surface area (TPSA) is 116 Å². The number of anilines is 1. The highest BCUT2D eigenvalue weighted by Gasteiger charge is 2.31. The molecule has 4 rings (SSSR count). The van der Waals surface area contributed by atoms with E-state index in [1.807, 2.05) is 0 Å². The first kappa shape index (κ1) is 23.9. The smallest absolute Gasteiger partial charge is 0.282 e. The standard InChI is InChI=1S/C24H22F3N5O3/c1-13(25)24(34)31-10-2-3-16(12-31)32-22(28)20(23(29)33)21(30-32)14-4-7-17(8-5-14)35-19-9-6-15(26)11-18(19)27/h4-9,11,16H,1-3,10,12,28H2,(H2,29,33)/t16-/m1/s1. The van der Waals surface area contributed by atoms with Gasteiger partial charge in [0, 0.05) is 24.7 Å². The predicted molar refractivity (Wildman–Crippen MR) is 122 cm³/mol. The van der Waals surface area contributed by atoms with Gasteiger partial charge in [0.2, 0.25) is 0 Å². The third-order valence-electron chi connectivity index (χ3n) is 5.71. The van der Waals surface area contributed by atoms with E-state index in [4.69, 9.17) is 16.2 Å². The van der Waals surface area contributed by atoms with E-state index in [0.717, 1.165) is 6.07 Å². The number of hydrogen-bond donors (Lipinski definition) is 2. The summed E-state index contributed by atoms with van der Waals surface area (Å²) in [5.74, 6) is -4.09.